The Hall–Kier alpha value is -1.99. The molecule has 0 fully saturated rings. The maximum Gasteiger partial charge on any atom is 0.258 e. The van der Waals surface area contributed by atoms with Gasteiger partial charge >= 0.3 is 0 Å². The maximum atomic E-state index is 9.65. The lowest BCUT2D eigenvalue weighted by atomic mass is 10.1. The van der Waals surface area contributed by atoms with Gasteiger partial charge in [-0.3, -0.25) is 0 Å². The molecular weight excluding hydrogens is 489 g/mol. The SMILES string of the molecule is CC(C)[Si](Oc1cc(C=Cc2ccc(O)cc2)cc(O[Si](C(C)C)(C(C)C)C(C)C)c1)(C(C)C)C(C)C. The van der Waals surface area contributed by atoms with E-state index in [0.717, 1.165) is 22.6 Å². The van der Waals surface area contributed by atoms with E-state index in [0.29, 0.717) is 33.2 Å². The molecule has 0 saturated heterocycles. The van der Waals surface area contributed by atoms with Crippen LogP contribution in [0.2, 0.25) is 33.2 Å². The highest BCUT2D eigenvalue weighted by Gasteiger charge is 2.48. The van der Waals surface area contributed by atoms with E-state index in [9.17, 15) is 5.11 Å². The molecule has 2 aromatic rings. The first-order valence-electron chi connectivity index (χ1n) is 14.2. The average Bonchev–Trinajstić information content (AvgIpc) is 2.79. The van der Waals surface area contributed by atoms with Gasteiger partial charge in [0.25, 0.3) is 16.6 Å². The van der Waals surface area contributed by atoms with E-state index < -0.39 is 16.6 Å². The fraction of sp³-hybridized carbons (Fsp3) is 0.562. The highest BCUT2D eigenvalue weighted by Crippen LogP contribution is 2.46. The van der Waals surface area contributed by atoms with Crippen LogP contribution in [0.1, 0.15) is 94.2 Å². The van der Waals surface area contributed by atoms with Crippen LogP contribution in [0.25, 0.3) is 12.2 Å². The first-order chi connectivity index (χ1) is 17.2. The molecule has 2 rings (SSSR count). The minimum absolute atomic E-state index is 0.276. The quantitative estimate of drug-likeness (QED) is 0.215. The van der Waals surface area contributed by atoms with Crippen LogP contribution in [0.15, 0.2) is 42.5 Å². The molecule has 0 unspecified atom stereocenters. The third-order valence-electron chi connectivity index (χ3n) is 8.27. The molecule has 206 valence electrons. The predicted octanol–water partition coefficient (Wildman–Crippen LogP) is 10.7. The Bertz CT molecular complexity index is 925. The van der Waals surface area contributed by atoms with Crippen molar-refractivity contribution in [3.8, 4) is 17.2 Å². The van der Waals surface area contributed by atoms with Crippen LogP contribution in [-0.4, -0.2) is 21.7 Å². The minimum atomic E-state index is -2.13. The van der Waals surface area contributed by atoms with Gasteiger partial charge < -0.3 is 14.0 Å². The number of aromatic hydroxyl groups is 1. The number of hydrogen-bond donors (Lipinski definition) is 1. The Morgan fingerprint density at radius 1 is 0.514 bits per heavy atom. The zero-order valence-electron chi connectivity index (χ0n) is 25.4. The van der Waals surface area contributed by atoms with Crippen molar-refractivity contribution in [2.45, 2.75) is 116 Å². The standard InChI is InChI=1S/C32H52O3Si2/c1-22(2)36(23(3)4,24(5)6)34-31-19-29(14-13-28-15-17-30(33)18-16-28)20-32(21-31)35-37(25(7)8,26(9)10)27(11)12/h13-27,33H,1-12H3. The first kappa shape index (κ1) is 31.2. The number of hydrogen-bond acceptors (Lipinski definition) is 3. The molecule has 1 N–H and O–H groups in total. The maximum absolute atomic E-state index is 9.65. The van der Waals surface area contributed by atoms with E-state index in [4.69, 9.17) is 8.85 Å². The van der Waals surface area contributed by atoms with Crippen LogP contribution in [0.5, 0.6) is 17.2 Å². The number of rotatable bonds is 12. The molecule has 2 aromatic carbocycles. The second-order valence-electron chi connectivity index (χ2n) is 12.5. The van der Waals surface area contributed by atoms with Crippen molar-refractivity contribution in [1.29, 1.82) is 0 Å². The van der Waals surface area contributed by atoms with Crippen LogP contribution >= 0.6 is 0 Å². The fourth-order valence-electron chi connectivity index (χ4n) is 6.70. The van der Waals surface area contributed by atoms with Gasteiger partial charge in [0, 0.05) is 6.07 Å². The molecule has 0 aromatic heterocycles. The van der Waals surface area contributed by atoms with Gasteiger partial charge in [-0.2, -0.15) is 0 Å². The molecule has 0 amide bonds. The summed E-state index contributed by atoms with van der Waals surface area (Å²) in [5.74, 6) is 2.12. The highest BCUT2D eigenvalue weighted by molar-refractivity contribution is 6.78. The second kappa shape index (κ2) is 12.7. The van der Waals surface area contributed by atoms with Crippen LogP contribution in [-0.2, 0) is 0 Å². The molecule has 37 heavy (non-hydrogen) atoms. The third-order valence-corrected chi connectivity index (χ3v) is 20.3. The van der Waals surface area contributed by atoms with Crippen molar-refractivity contribution in [3.05, 3.63) is 53.6 Å². The normalized spacial score (nSPS) is 13.2. The molecule has 0 aliphatic rings. The summed E-state index contributed by atoms with van der Waals surface area (Å²) >= 11 is 0. The fourth-order valence-corrected chi connectivity index (χ4v) is 17.2. The van der Waals surface area contributed by atoms with Gasteiger partial charge in [0.05, 0.1) is 0 Å². The van der Waals surface area contributed by atoms with E-state index in [2.05, 4.69) is 113 Å². The Balaban J connectivity index is 2.66. The lowest BCUT2D eigenvalue weighted by Crippen LogP contribution is -2.51. The summed E-state index contributed by atoms with van der Waals surface area (Å²) in [6, 6.07) is 13.8. The molecule has 0 heterocycles. The van der Waals surface area contributed by atoms with E-state index in [1.54, 1.807) is 12.1 Å². The summed E-state index contributed by atoms with van der Waals surface area (Å²) in [6.45, 7) is 27.9. The Morgan fingerprint density at radius 3 is 1.16 bits per heavy atom. The third kappa shape index (κ3) is 6.91. The lowest BCUT2D eigenvalue weighted by molar-refractivity contribution is 0.461. The Labute approximate surface area is 229 Å². The zero-order valence-corrected chi connectivity index (χ0v) is 27.4. The molecule has 0 aliphatic heterocycles. The topological polar surface area (TPSA) is 38.7 Å². The van der Waals surface area contributed by atoms with Gasteiger partial charge in [0.2, 0.25) is 0 Å². The summed E-state index contributed by atoms with van der Waals surface area (Å²) in [5.41, 5.74) is 5.04. The molecule has 0 saturated carbocycles. The molecule has 0 aliphatic carbocycles. The van der Waals surface area contributed by atoms with Crippen LogP contribution in [0.4, 0.5) is 0 Å². The minimum Gasteiger partial charge on any atom is -0.543 e. The Kier molecular flexibility index (Phi) is 10.7. The summed E-state index contributed by atoms with van der Waals surface area (Å²) in [5, 5.41) is 9.65. The van der Waals surface area contributed by atoms with Crippen LogP contribution in [0.3, 0.4) is 0 Å². The molecule has 0 atom stereocenters. The molecule has 5 heteroatoms. The van der Waals surface area contributed by atoms with Gasteiger partial charge in [-0.25, -0.2) is 0 Å². The van der Waals surface area contributed by atoms with Crippen LogP contribution in [0, 0.1) is 0 Å². The first-order valence-corrected chi connectivity index (χ1v) is 18.4. The van der Waals surface area contributed by atoms with Crippen molar-refractivity contribution in [2.75, 3.05) is 0 Å². The summed E-state index contributed by atoms with van der Waals surface area (Å²) < 4.78 is 14.3. The molecule has 3 nitrogen and oxygen atoms in total. The largest absolute Gasteiger partial charge is 0.543 e. The van der Waals surface area contributed by atoms with Crippen molar-refractivity contribution < 1.29 is 14.0 Å². The van der Waals surface area contributed by atoms with Gasteiger partial charge in [-0.05, 0) is 68.6 Å². The van der Waals surface area contributed by atoms with E-state index >= 15 is 0 Å². The molecule has 0 bridgehead atoms. The van der Waals surface area contributed by atoms with Crippen molar-refractivity contribution in [1.82, 2.24) is 0 Å². The number of phenols is 1. The van der Waals surface area contributed by atoms with Gasteiger partial charge in [-0.1, -0.05) is 107 Å². The Morgan fingerprint density at radius 2 is 0.838 bits per heavy atom. The van der Waals surface area contributed by atoms with Crippen LogP contribution < -0.4 is 8.85 Å². The number of benzene rings is 2. The van der Waals surface area contributed by atoms with E-state index in [1.807, 2.05) is 12.1 Å². The number of phenolic OH excluding ortho intramolecular Hbond substituents is 1. The van der Waals surface area contributed by atoms with Gasteiger partial charge in [-0.15, -0.1) is 0 Å². The molecule has 0 spiro atoms. The smallest absolute Gasteiger partial charge is 0.258 e. The summed E-state index contributed by atoms with van der Waals surface area (Å²) in [7, 11) is -4.26. The average molecular weight is 541 g/mol. The highest BCUT2D eigenvalue weighted by atomic mass is 28.4. The van der Waals surface area contributed by atoms with Gasteiger partial charge in [0.15, 0.2) is 0 Å². The van der Waals surface area contributed by atoms with Crippen molar-refractivity contribution in [2.24, 2.45) is 0 Å². The van der Waals surface area contributed by atoms with Gasteiger partial charge in [0.1, 0.15) is 17.2 Å². The lowest BCUT2D eigenvalue weighted by Gasteiger charge is -2.43. The predicted molar refractivity (Wildman–Crippen MR) is 167 cm³/mol. The second-order valence-corrected chi connectivity index (χ2v) is 23.3. The van der Waals surface area contributed by atoms with E-state index in [1.165, 1.54) is 0 Å². The molecular formula is C32H52O3Si2. The van der Waals surface area contributed by atoms with E-state index in [-0.39, 0.29) is 5.75 Å². The van der Waals surface area contributed by atoms with Crippen molar-refractivity contribution in [3.63, 3.8) is 0 Å². The van der Waals surface area contributed by atoms with Crippen molar-refractivity contribution >= 4 is 28.8 Å². The molecule has 0 radical (unpaired) electrons. The monoisotopic (exact) mass is 540 g/mol. The zero-order chi connectivity index (χ0) is 28.1. The summed E-state index contributed by atoms with van der Waals surface area (Å²) in [6.07, 6.45) is 4.21. The summed E-state index contributed by atoms with van der Waals surface area (Å²) in [4.78, 5) is 0.